The Bertz CT molecular complexity index is 615. The highest BCUT2D eigenvalue weighted by atomic mass is 16.5. The van der Waals surface area contributed by atoms with Crippen LogP contribution in [0.1, 0.15) is 43.6 Å². The number of nitrogens with zero attached hydrogens (tertiary/aromatic N) is 4. The highest BCUT2D eigenvalue weighted by Gasteiger charge is 2.52. The summed E-state index contributed by atoms with van der Waals surface area (Å²) in [5.74, 6) is 1.34. The first-order valence-electron chi connectivity index (χ1n) is 9.64. The van der Waals surface area contributed by atoms with Gasteiger partial charge in [0, 0.05) is 65.5 Å². The van der Waals surface area contributed by atoms with Gasteiger partial charge in [-0.25, -0.2) is 0 Å². The molecule has 1 aromatic heterocycles. The molecule has 0 unspecified atom stereocenters. The summed E-state index contributed by atoms with van der Waals surface area (Å²) in [4.78, 5) is 17.2. The average molecular weight is 346 g/mol. The van der Waals surface area contributed by atoms with Gasteiger partial charge in [-0.15, -0.1) is 0 Å². The summed E-state index contributed by atoms with van der Waals surface area (Å²) in [6, 6.07) is 0. The Morgan fingerprint density at radius 2 is 1.96 bits per heavy atom. The Morgan fingerprint density at radius 3 is 2.60 bits per heavy atom. The van der Waals surface area contributed by atoms with Crippen LogP contribution in [-0.2, 0) is 16.6 Å². The summed E-state index contributed by atoms with van der Waals surface area (Å²) < 4.78 is 7.34. The molecule has 3 aliphatic rings. The Labute approximate surface area is 150 Å². The summed E-state index contributed by atoms with van der Waals surface area (Å²) in [5.41, 5.74) is 1.20. The lowest BCUT2D eigenvalue weighted by molar-refractivity contribution is -0.130. The van der Waals surface area contributed by atoms with Crippen LogP contribution < -0.4 is 0 Å². The molecule has 25 heavy (non-hydrogen) atoms. The van der Waals surface area contributed by atoms with Gasteiger partial charge < -0.3 is 14.5 Å². The van der Waals surface area contributed by atoms with E-state index in [4.69, 9.17) is 4.74 Å². The van der Waals surface area contributed by atoms with Crippen molar-refractivity contribution < 1.29 is 9.53 Å². The van der Waals surface area contributed by atoms with Crippen molar-refractivity contribution in [2.45, 2.75) is 43.6 Å². The largest absolute Gasteiger partial charge is 0.381 e. The maximum absolute atomic E-state index is 12.5. The fourth-order valence-corrected chi connectivity index (χ4v) is 5.13. The van der Waals surface area contributed by atoms with Crippen LogP contribution in [0.2, 0.25) is 0 Å². The van der Waals surface area contributed by atoms with Gasteiger partial charge in [0.05, 0.1) is 11.7 Å². The molecule has 6 heteroatoms. The first kappa shape index (κ1) is 17.0. The lowest BCUT2D eigenvalue weighted by Gasteiger charge is -2.47. The molecular weight excluding hydrogens is 316 g/mol. The highest BCUT2D eigenvalue weighted by molar-refractivity contribution is 5.81. The molecule has 0 bridgehead atoms. The zero-order valence-electron chi connectivity index (χ0n) is 15.5. The third-order valence-corrected chi connectivity index (χ3v) is 6.78. The number of carbonyl (C=O) groups is 1. The first-order chi connectivity index (χ1) is 12.1. The summed E-state index contributed by atoms with van der Waals surface area (Å²) in [7, 11) is 3.96. The molecule has 0 N–H and O–H groups in total. The minimum absolute atomic E-state index is 0.0215. The minimum atomic E-state index is -0.0215. The summed E-state index contributed by atoms with van der Waals surface area (Å²) in [6.07, 6.45) is 9.19. The summed E-state index contributed by atoms with van der Waals surface area (Å²) in [5, 5.41) is 4.35. The van der Waals surface area contributed by atoms with Crippen LogP contribution in [0.4, 0.5) is 0 Å². The molecule has 138 valence electrons. The Hall–Kier alpha value is -1.40. The number of aryl methyl sites for hydroxylation is 1. The van der Waals surface area contributed by atoms with Crippen LogP contribution in [0.15, 0.2) is 12.4 Å². The Morgan fingerprint density at radius 1 is 1.24 bits per heavy atom. The molecule has 3 fully saturated rings. The van der Waals surface area contributed by atoms with E-state index in [1.807, 2.05) is 25.0 Å². The van der Waals surface area contributed by atoms with Gasteiger partial charge in [0.1, 0.15) is 0 Å². The van der Waals surface area contributed by atoms with E-state index in [0.29, 0.717) is 6.42 Å². The quantitative estimate of drug-likeness (QED) is 0.835. The van der Waals surface area contributed by atoms with Gasteiger partial charge in [-0.05, 0) is 37.2 Å². The summed E-state index contributed by atoms with van der Waals surface area (Å²) in [6.45, 7) is 5.21. The van der Waals surface area contributed by atoms with E-state index in [9.17, 15) is 4.79 Å². The molecule has 6 nitrogen and oxygen atoms in total. The lowest BCUT2D eigenvalue weighted by atomic mass is 9.74. The zero-order valence-corrected chi connectivity index (χ0v) is 15.5. The molecule has 0 aromatic carbocycles. The van der Waals surface area contributed by atoms with Gasteiger partial charge in [-0.3, -0.25) is 9.48 Å². The van der Waals surface area contributed by atoms with Crippen LogP contribution in [0.3, 0.4) is 0 Å². The number of likely N-dealkylation sites (N-methyl/N-ethyl adjacent to an activating group) is 1. The number of amides is 1. The number of likely N-dealkylation sites (tertiary alicyclic amines) is 2. The fraction of sp³-hybridized carbons (Fsp3) is 0.789. The van der Waals surface area contributed by atoms with Crippen molar-refractivity contribution in [2.75, 3.05) is 39.9 Å². The second kappa shape index (κ2) is 6.72. The molecule has 0 aliphatic carbocycles. The normalized spacial score (nSPS) is 28.2. The predicted octanol–water partition coefficient (Wildman–Crippen LogP) is 1.63. The fourth-order valence-electron chi connectivity index (χ4n) is 5.13. The van der Waals surface area contributed by atoms with Crippen molar-refractivity contribution in [3.63, 3.8) is 0 Å². The van der Waals surface area contributed by atoms with Crippen LogP contribution in [-0.4, -0.2) is 70.9 Å². The minimum Gasteiger partial charge on any atom is -0.381 e. The molecular formula is C19H30N4O2. The number of rotatable bonds is 3. The second-order valence-electron chi connectivity index (χ2n) is 8.12. The van der Waals surface area contributed by atoms with Gasteiger partial charge in [-0.1, -0.05) is 0 Å². The molecule has 1 atom stereocenters. The maximum atomic E-state index is 12.5. The molecule has 0 saturated carbocycles. The van der Waals surface area contributed by atoms with Gasteiger partial charge >= 0.3 is 0 Å². The maximum Gasteiger partial charge on any atom is 0.223 e. The first-order valence-corrected chi connectivity index (χ1v) is 9.64. The van der Waals surface area contributed by atoms with E-state index in [1.165, 1.54) is 24.9 Å². The van der Waals surface area contributed by atoms with E-state index in [1.54, 1.807) is 0 Å². The Balaban J connectivity index is 1.46. The van der Waals surface area contributed by atoms with E-state index in [2.05, 4.69) is 21.1 Å². The number of hydrogen-bond donors (Lipinski definition) is 0. The zero-order chi connectivity index (χ0) is 17.4. The van der Waals surface area contributed by atoms with Crippen molar-refractivity contribution in [2.24, 2.45) is 13.0 Å². The molecule has 3 aliphatic heterocycles. The molecule has 1 amide bonds. The van der Waals surface area contributed by atoms with Gasteiger partial charge in [0.15, 0.2) is 0 Å². The van der Waals surface area contributed by atoms with Crippen molar-refractivity contribution in [3.05, 3.63) is 18.0 Å². The van der Waals surface area contributed by atoms with Crippen LogP contribution >= 0.6 is 0 Å². The standard InChI is InChI=1S/C19H30N4O2/c1-21-14-16(12-20-21)17-11-18(24)22(2)19(17)5-7-23(8-6-19)13-15-3-9-25-10-4-15/h12,14-15,17H,3-11,13H2,1-2H3/t17-/m0/s1. The number of piperidine rings is 1. The third kappa shape index (κ3) is 3.10. The molecule has 3 saturated heterocycles. The second-order valence-corrected chi connectivity index (χ2v) is 8.12. The van der Waals surface area contributed by atoms with Crippen molar-refractivity contribution in [1.82, 2.24) is 19.6 Å². The monoisotopic (exact) mass is 346 g/mol. The van der Waals surface area contributed by atoms with Crippen LogP contribution in [0, 0.1) is 5.92 Å². The smallest absolute Gasteiger partial charge is 0.223 e. The number of carbonyl (C=O) groups excluding carboxylic acids is 1. The molecule has 4 rings (SSSR count). The molecule has 1 aromatic rings. The number of aromatic nitrogens is 2. The molecule has 4 heterocycles. The van der Waals surface area contributed by atoms with Gasteiger partial charge in [0.2, 0.25) is 5.91 Å². The summed E-state index contributed by atoms with van der Waals surface area (Å²) >= 11 is 0. The topological polar surface area (TPSA) is 50.6 Å². The lowest BCUT2D eigenvalue weighted by Crippen LogP contribution is -2.54. The SMILES string of the molecule is CN1C(=O)C[C@@H](c2cnn(C)c2)C12CCN(CC1CCOCC1)CC2. The average Bonchev–Trinajstić information content (AvgIpc) is 3.15. The Kier molecular flexibility index (Phi) is 4.58. The van der Waals surface area contributed by atoms with E-state index in [-0.39, 0.29) is 17.4 Å². The van der Waals surface area contributed by atoms with Crippen LogP contribution in [0.25, 0.3) is 0 Å². The van der Waals surface area contributed by atoms with E-state index < -0.39 is 0 Å². The number of ether oxygens (including phenoxy) is 1. The van der Waals surface area contributed by atoms with Gasteiger partial charge in [-0.2, -0.15) is 5.10 Å². The van der Waals surface area contributed by atoms with E-state index in [0.717, 1.165) is 45.1 Å². The van der Waals surface area contributed by atoms with E-state index >= 15 is 0 Å². The van der Waals surface area contributed by atoms with Crippen molar-refractivity contribution in [3.8, 4) is 0 Å². The van der Waals surface area contributed by atoms with Crippen molar-refractivity contribution in [1.29, 1.82) is 0 Å². The number of hydrogen-bond acceptors (Lipinski definition) is 4. The highest BCUT2D eigenvalue weighted by Crippen LogP contribution is 2.48. The van der Waals surface area contributed by atoms with Crippen molar-refractivity contribution >= 4 is 5.91 Å². The van der Waals surface area contributed by atoms with Gasteiger partial charge in [0.25, 0.3) is 0 Å². The molecule has 0 radical (unpaired) electrons. The third-order valence-electron chi connectivity index (χ3n) is 6.78. The predicted molar refractivity (Wildman–Crippen MR) is 95.3 cm³/mol. The van der Waals surface area contributed by atoms with Crippen LogP contribution in [0.5, 0.6) is 0 Å². The molecule has 1 spiro atoms.